The topological polar surface area (TPSA) is 29.1 Å². The van der Waals surface area contributed by atoms with E-state index in [1.807, 2.05) is 19.1 Å². The SMILES string of the molecule is C[C@@H](Cc1csc2ccccc12)NC(=O)Cc1ccc(F)cc1. The lowest BCUT2D eigenvalue weighted by Gasteiger charge is -2.13. The molecule has 0 fully saturated rings. The third kappa shape index (κ3) is 3.96. The molecule has 0 bridgehead atoms. The van der Waals surface area contributed by atoms with Crippen molar-refractivity contribution >= 4 is 27.3 Å². The van der Waals surface area contributed by atoms with Gasteiger partial charge in [-0.25, -0.2) is 4.39 Å². The minimum atomic E-state index is -0.285. The molecular formula is C19H18FNOS. The summed E-state index contributed by atoms with van der Waals surface area (Å²) in [4.78, 5) is 12.1. The summed E-state index contributed by atoms with van der Waals surface area (Å²) in [6.07, 6.45) is 1.08. The highest BCUT2D eigenvalue weighted by molar-refractivity contribution is 7.17. The lowest BCUT2D eigenvalue weighted by Crippen LogP contribution is -2.35. The fraction of sp³-hybridized carbons (Fsp3) is 0.211. The minimum Gasteiger partial charge on any atom is -0.353 e. The molecule has 1 heterocycles. The molecular weight excluding hydrogens is 309 g/mol. The maximum absolute atomic E-state index is 12.9. The Kier molecular flexibility index (Phi) is 4.72. The quantitative estimate of drug-likeness (QED) is 0.742. The second-order valence-corrected chi connectivity index (χ2v) is 6.64. The van der Waals surface area contributed by atoms with Gasteiger partial charge in [0.05, 0.1) is 6.42 Å². The fourth-order valence-corrected chi connectivity index (χ4v) is 3.66. The molecule has 0 saturated heterocycles. The fourth-order valence-electron chi connectivity index (χ4n) is 2.69. The molecule has 0 saturated carbocycles. The van der Waals surface area contributed by atoms with E-state index in [2.05, 4.69) is 22.8 Å². The van der Waals surface area contributed by atoms with Crippen LogP contribution in [-0.2, 0) is 17.6 Å². The van der Waals surface area contributed by atoms with Crippen molar-refractivity contribution < 1.29 is 9.18 Å². The van der Waals surface area contributed by atoms with Gasteiger partial charge in [0.15, 0.2) is 0 Å². The molecule has 3 rings (SSSR count). The van der Waals surface area contributed by atoms with Gasteiger partial charge in [-0.2, -0.15) is 0 Å². The summed E-state index contributed by atoms with van der Waals surface area (Å²) in [5.41, 5.74) is 2.08. The summed E-state index contributed by atoms with van der Waals surface area (Å²) >= 11 is 1.73. The predicted molar refractivity (Wildman–Crippen MR) is 93.2 cm³/mol. The number of carbonyl (C=O) groups is 1. The van der Waals surface area contributed by atoms with Gasteiger partial charge in [0.1, 0.15) is 5.82 Å². The van der Waals surface area contributed by atoms with Crippen LogP contribution in [0, 0.1) is 5.82 Å². The van der Waals surface area contributed by atoms with Crippen LogP contribution in [0.25, 0.3) is 10.1 Å². The first-order chi connectivity index (χ1) is 11.1. The zero-order chi connectivity index (χ0) is 16.2. The number of nitrogens with one attached hydrogen (secondary N) is 1. The van der Waals surface area contributed by atoms with E-state index in [4.69, 9.17) is 0 Å². The molecule has 0 spiro atoms. The molecule has 0 aliphatic rings. The Bertz CT molecular complexity index is 810. The number of rotatable bonds is 5. The first-order valence-corrected chi connectivity index (χ1v) is 8.48. The molecule has 0 aliphatic heterocycles. The lowest BCUT2D eigenvalue weighted by molar-refractivity contribution is -0.121. The van der Waals surface area contributed by atoms with Crippen molar-refractivity contribution in [1.82, 2.24) is 5.32 Å². The van der Waals surface area contributed by atoms with Crippen LogP contribution in [0.3, 0.4) is 0 Å². The van der Waals surface area contributed by atoms with E-state index in [0.29, 0.717) is 0 Å². The van der Waals surface area contributed by atoms with Crippen LogP contribution < -0.4 is 5.32 Å². The highest BCUT2D eigenvalue weighted by Crippen LogP contribution is 2.26. The van der Waals surface area contributed by atoms with Gasteiger partial charge in [0.2, 0.25) is 5.91 Å². The molecule has 2 aromatic carbocycles. The number of thiophene rings is 1. The van der Waals surface area contributed by atoms with Crippen molar-refractivity contribution in [2.45, 2.75) is 25.8 Å². The Balaban J connectivity index is 1.59. The van der Waals surface area contributed by atoms with E-state index < -0.39 is 0 Å². The number of hydrogen-bond acceptors (Lipinski definition) is 2. The van der Waals surface area contributed by atoms with Crippen LogP contribution in [0.4, 0.5) is 4.39 Å². The van der Waals surface area contributed by atoms with E-state index in [0.717, 1.165) is 12.0 Å². The minimum absolute atomic E-state index is 0.0383. The van der Waals surface area contributed by atoms with Crippen LogP contribution in [0.5, 0.6) is 0 Å². The molecule has 118 valence electrons. The maximum atomic E-state index is 12.9. The van der Waals surface area contributed by atoms with Crippen molar-refractivity contribution in [3.05, 3.63) is 70.9 Å². The number of carbonyl (C=O) groups excluding carboxylic acids is 1. The predicted octanol–water partition coefficient (Wildman–Crippen LogP) is 4.33. The van der Waals surface area contributed by atoms with Gasteiger partial charge >= 0.3 is 0 Å². The van der Waals surface area contributed by atoms with Crippen LogP contribution in [0.1, 0.15) is 18.1 Å². The average molecular weight is 327 g/mol. The standard InChI is InChI=1S/C19H18FNOS/c1-13(10-15-12-23-18-5-3-2-4-17(15)18)21-19(22)11-14-6-8-16(20)9-7-14/h2-9,12-13H,10-11H2,1H3,(H,21,22)/t13-/m0/s1. The monoisotopic (exact) mass is 327 g/mol. The van der Waals surface area contributed by atoms with Gasteiger partial charge in [-0.1, -0.05) is 30.3 Å². The normalized spacial score (nSPS) is 12.3. The molecule has 0 unspecified atom stereocenters. The molecule has 3 aromatic rings. The summed E-state index contributed by atoms with van der Waals surface area (Å²) < 4.78 is 14.1. The zero-order valence-electron chi connectivity index (χ0n) is 12.9. The first-order valence-electron chi connectivity index (χ1n) is 7.61. The molecule has 2 nitrogen and oxygen atoms in total. The Hall–Kier alpha value is -2.20. The third-order valence-corrected chi connectivity index (χ3v) is 4.78. The largest absolute Gasteiger partial charge is 0.353 e. The third-order valence-electron chi connectivity index (χ3n) is 3.77. The number of hydrogen-bond donors (Lipinski definition) is 1. The van der Waals surface area contributed by atoms with Gasteiger partial charge in [-0.05, 0) is 53.4 Å². The van der Waals surface area contributed by atoms with E-state index in [1.54, 1.807) is 23.5 Å². The van der Waals surface area contributed by atoms with Gasteiger partial charge in [0, 0.05) is 10.7 Å². The molecule has 0 aliphatic carbocycles. The summed E-state index contributed by atoms with van der Waals surface area (Å²) in [6, 6.07) is 14.4. The summed E-state index contributed by atoms with van der Waals surface area (Å²) in [7, 11) is 0. The number of fused-ring (bicyclic) bond motifs is 1. The van der Waals surface area contributed by atoms with E-state index in [9.17, 15) is 9.18 Å². The number of amides is 1. The molecule has 0 radical (unpaired) electrons. The first kappa shape index (κ1) is 15.7. The van der Waals surface area contributed by atoms with Crippen molar-refractivity contribution in [2.24, 2.45) is 0 Å². The van der Waals surface area contributed by atoms with Crippen LogP contribution in [0.15, 0.2) is 53.9 Å². The second-order valence-electron chi connectivity index (χ2n) is 5.73. The number of halogens is 1. The summed E-state index contributed by atoms with van der Waals surface area (Å²) in [5, 5.41) is 6.44. The molecule has 1 atom stereocenters. The van der Waals surface area contributed by atoms with Crippen LogP contribution in [-0.4, -0.2) is 11.9 Å². The average Bonchev–Trinajstić information content (AvgIpc) is 2.93. The lowest BCUT2D eigenvalue weighted by atomic mass is 10.1. The van der Waals surface area contributed by atoms with Crippen molar-refractivity contribution in [3.8, 4) is 0 Å². The highest BCUT2D eigenvalue weighted by Gasteiger charge is 2.11. The summed E-state index contributed by atoms with van der Waals surface area (Å²) in [5.74, 6) is -0.324. The Morgan fingerprint density at radius 1 is 1.17 bits per heavy atom. The van der Waals surface area contributed by atoms with Gasteiger partial charge < -0.3 is 5.32 Å². The Morgan fingerprint density at radius 3 is 2.70 bits per heavy atom. The Morgan fingerprint density at radius 2 is 1.91 bits per heavy atom. The Labute approximate surface area is 139 Å². The van der Waals surface area contributed by atoms with Crippen LogP contribution >= 0.6 is 11.3 Å². The van der Waals surface area contributed by atoms with Gasteiger partial charge in [0.25, 0.3) is 0 Å². The van der Waals surface area contributed by atoms with Crippen molar-refractivity contribution in [3.63, 3.8) is 0 Å². The molecule has 4 heteroatoms. The number of benzene rings is 2. The summed E-state index contributed by atoms with van der Waals surface area (Å²) in [6.45, 7) is 2.01. The van der Waals surface area contributed by atoms with Crippen molar-refractivity contribution in [1.29, 1.82) is 0 Å². The van der Waals surface area contributed by atoms with Crippen LogP contribution in [0.2, 0.25) is 0 Å². The highest BCUT2D eigenvalue weighted by atomic mass is 32.1. The van der Waals surface area contributed by atoms with E-state index in [-0.39, 0.29) is 24.2 Å². The molecule has 1 N–H and O–H groups in total. The van der Waals surface area contributed by atoms with Gasteiger partial charge in [-0.3, -0.25) is 4.79 Å². The smallest absolute Gasteiger partial charge is 0.224 e. The van der Waals surface area contributed by atoms with Crippen molar-refractivity contribution in [2.75, 3.05) is 0 Å². The molecule has 1 amide bonds. The van der Waals surface area contributed by atoms with Gasteiger partial charge in [-0.15, -0.1) is 11.3 Å². The van der Waals surface area contributed by atoms with E-state index >= 15 is 0 Å². The molecule has 1 aromatic heterocycles. The zero-order valence-corrected chi connectivity index (χ0v) is 13.7. The second kappa shape index (κ2) is 6.92. The molecule has 23 heavy (non-hydrogen) atoms. The maximum Gasteiger partial charge on any atom is 0.224 e. The van der Waals surface area contributed by atoms with E-state index in [1.165, 1.54) is 27.8 Å².